The summed E-state index contributed by atoms with van der Waals surface area (Å²) in [6.07, 6.45) is 5.81. The van der Waals surface area contributed by atoms with Crippen LogP contribution < -0.4 is 0 Å². The Balaban J connectivity index is 2.07. The van der Waals surface area contributed by atoms with Gasteiger partial charge in [0.05, 0.1) is 5.69 Å². The molecule has 0 amide bonds. The topological polar surface area (TPSA) is 34.9 Å². The van der Waals surface area contributed by atoms with Gasteiger partial charge in [-0.1, -0.05) is 13.3 Å². The van der Waals surface area contributed by atoms with Crippen LogP contribution in [0.3, 0.4) is 0 Å². The summed E-state index contributed by atoms with van der Waals surface area (Å²) in [5.41, 5.74) is 1.76. The Kier molecular flexibility index (Phi) is 4.20. The molecule has 100 valence electrons. The van der Waals surface area contributed by atoms with E-state index in [2.05, 4.69) is 12.0 Å². The molecule has 0 radical (unpaired) electrons. The first-order valence-corrected chi connectivity index (χ1v) is 7.24. The van der Waals surface area contributed by atoms with Crippen LogP contribution in [0.2, 0.25) is 0 Å². The molecule has 0 aliphatic heterocycles. The first-order chi connectivity index (χ1) is 8.65. The average Bonchev–Trinajstić information content (AvgIpc) is 2.79. The van der Waals surface area contributed by atoms with Crippen LogP contribution in [0.4, 0.5) is 0 Å². The number of hydrogen-bond donors (Lipinski definition) is 0. The fourth-order valence-corrected chi connectivity index (χ4v) is 3.03. The number of ketones is 1. The van der Waals surface area contributed by atoms with Gasteiger partial charge in [-0.25, -0.2) is 0 Å². The zero-order chi connectivity index (χ0) is 13.1. The summed E-state index contributed by atoms with van der Waals surface area (Å²) in [5.74, 6) is 1.38. The van der Waals surface area contributed by atoms with E-state index >= 15 is 0 Å². The van der Waals surface area contributed by atoms with E-state index in [1.165, 1.54) is 19.3 Å². The highest BCUT2D eigenvalue weighted by Crippen LogP contribution is 2.32. The van der Waals surface area contributed by atoms with Crippen LogP contribution in [-0.4, -0.2) is 15.6 Å². The molecular formula is C15H24N2O. The molecule has 0 unspecified atom stereocenters. The maximum atomic E-state index is 12.5. The van der Waals surface area contributed by atoms with Crippen molar-refractivity contribution in [2.75, 3.05) is 0 Å². The summed E-state index contributed by atoms with van der Waals surface area (Å²) in [6, 6.07) is 1.94. The predicted molar refractivity (Wildman–Crippen MR) is 72.7 cm³/mol. The molecule has 1 heterocycles. The third-order valence-corrected chi connectivity index (χ3v) is 4.25. The minimum absolute atomic E-state index is 0.231. The van der Waals surface area contributed by atoms with Crippen molar-refractivity contribution >= 4 is 5.78 Å². The number of aryl methyl sites for hydroxylation is 2. The Labute approximate surface area is 110 Å². The highest BCUT2D eigenvalue weighted by Gasteiger charge is 2.28. The summed E-state index contributed by atoms with van der Waals surface area (Å²) < 4.78 is 1.85. The molecule has 0 atom stereocenters. The molecule has 1 aliphatic rings. The standard InChI is InChI=1S/C15H24N2O/c1-4-12-6-8-13(9-7-12)15(18)14-10-11(3)16-17(14)5-2/h10,12-13H,4-9H2,1-3H3. The molecule has 1 aromatic rings. The van der Waals surface area contributed by atoms with Gasteiger partial charge in [-0.05, 0) is 51.5 Å². The van der Waals surface area contributed by atoms with E-state index < -0.39 is 0 Å². The minimum atomic E-state index is 0.231. The second-order valence-electron chi connectivity index (χ2n) is 5.48. The Morgan fingerprint density at radius 3 is 2.56 bits per heavy atom. The Morgan fingerprint density at radius 1 is 1.33 bits per heavy atom. The molecule has 1 fully saturated rings. The Bertz CT molecular complexity index is 414. The number of aromatic nitrogens is 2. The van der Waals surface area contributed by atoms with Crippen LogP contribution >= 0.6 is 0 Å². The van der Waals surface area contributed by atoms with Crippen molar-refractivity contribution in [3.05, 3.63) is 17.5 Å². The molecule has 3 nitrogen and oxygen atoms in total. The summed E-state index contributed by atoms with van der Waals surface area (Å²) in [4.78, 5) is 12.5. The molecule has 18 heavy (non-hydrogen) atoms. The van der Waals surface area contributed by atoms with E-state index in [1.54, 1.807) is 0 Å². The lowest BCUT2D eigenvalue weighted by Gasteiger charge is -2.26. The monoisotopic (exact) mass is 248 g/mol. The summed E-state index contributed by atoms with van der Waals surface area (Å²) in [6.45, 7) is 7.02. The maximum Gasteiger partial charge on any atom is 0.183 e. The molecule has 0 aromatic carbocycles. The van der Waals surface area contributed by atoms with Crippen molar-refractivity contribution < 1.29 is 4.79 Å². The van der Waals surface area contributed by atoms with Crippen LogP contribution in [0.5, 0.6) is 0 Å². The van der Waals surface area contributed by atoms with E-state index in [0.29, 0.717) is 5.78 Å². The lowest BCUT2D eigenvalue weighted by Crippen LogP contribution is -2.24. The van der Waals surface area contributed by atoms with Crippen molar-refractivity contribution in [2.45, 2.75) is 59.4 Å². The van der Waals surface area contributed by atoms with Crippen LogP contribution in [0.15, 0.2) is 6.07 Å². The zero-order valence-electron chi connectivity index (χ0n) is 11.8. The van der Waals surface area contributed by atoms with Crippen molar-refractivity contribution in [3.8, 4) is 0 Å². The molecule has 0 bridgehead atoms. The summed E-state index contributed by atoms with van der Waals surface area (Å²) in [7, 11) is 0. The van der Waals surface area contributed by atoms with Gasteiger partial charge < -0.3 is 0 Å². The lowest BCUT2D eigenvalue weighted by molar-refractivity contribution is 0.0860. The van der Waals surface area contributed by atoms with Gasteiger partial charge in [-0.15, -0.1) is 0 Å². The average molecular weight is 248 g/mol. The molecular weight excluding hydrogens is 224 g/mol. The van der Waals surface area contributed by atoms with Gasteiger partial charge in [0.2, 0.25) is 0 Å². The fraction of sp³-hybridized carbons (Fsp3) is 0.733. The van der Waals surface area contributed by atoms with Crippen molar-refractivity contribution in [1.82, 2.24) is 9.78 Å². The maximum absolute atomic E-state index is 12.5. The van der Waals surface area contributed by atoms with E-state index in [9.17, 15) is 4.79 Å². The SMILES string of the molecule is CCC1CCC(C(=O)c2cc(C)nn2CC)CC1. The van der Waals surface area contributed by atoms with Gasteiger partial charge in [0, 0.05) is 12.5 Å². The molecule has 1 aliphatic carbocycles. The highest BCUT2D eigenvalue weighted by molar-refractivity contribution is 5.96. The predicted octanol–water partition coefficient (Wildman–Crippen LogP) is 3.61. The van der Waals surface area contributed by atoms with Gasteiger partial charge in [0.15, 0.2) is 5.78 Å². The minimum Gasteiger partial charge on any atom is -0.292 e. The van der Waals surface area contributed by atoms with Gasteiger partial charge in [-0.3, -0.25) is 9.48 Å². The number of nitrogens with zero attached hydrogens (tertiary/aromatic N) is 2. The van der Waals surface area contributed by atoms with E-state index in [0.717, 1.165) is 36.7 Å². The number of hydrogen-bond acceptors (Lipinski definition) is 2. The normalized spacial score (nSPS) is 24.2. The summed E-state index contributed by atoms with van der Waals surface area (Å²) >= 11 is 0. The first kappa shape index (κ1) is 13.3. The third-order valence-electron chi connectivity index (χ3n) is 4.25. The van der Waals surface area contributed by atoms with Gasteiger partial charge in [0.25, 0.3) is 0 Å². The number of rotatable bonds is 4. The van der Waals surface area contributed by atoms with Gasteiger partial charge >= 0.3 is 0 Å². The molecule has 2 rings (SSSR count). The number of carbonyl (C=O) groups is 1. The fourth-order valence-electron chi connectivity index (χ4n) is 3.03. The van der Waals surface area contributed by atoms with Crippen LogP contribution in [0, 0.1) is 18.8 Å². The lowest BCUT2D eigenvalue weighted by atomic mass is 9.78. The third kappa shape index (κ3) is 2.65. The smallest absolute Gasteiger partial charge is 0.183 e. The highest BCUT2D eigenvalue weighted by atomic mass is 16.1. The second kappa shape index (κ2) is 5.68. The largest absolute Gasteiger partial charge is 0.292 e. The first-order valence-electron chi connectivity index (χ1n) is 7.24. The van der Waals surface area contributed by atoms with E-state index in [4.69, 9.17) is 0 Å². The molecule has 0 N–H and O–H groups in total. The molecule has 0 spiro atoms. The van der Waals surface area contributed by atoms with Crippen LogP contribution in [-0.2, 0) is 6.54 Å². The molecule has 0 saturated heterocycles. The van der Waals surface area contributed by atoms with Crippen molar-refractivity contribution in [3.63, 3.8) is 0 Å². The van der Waals surface area contributed by atoms with Crippen LogP contribution in [0.1, 0.15) is 62.1 Å². The molecule has 1 aromatic heterocycles. The number of Topliss-reactive ketones (excluding diaryl/α,β-unsaturated/α-hetero) is 1. The Hall–Kier alpha value is -1.12. The van der Waals surface area contributed by atoms with Gasteiger partial charge in [0.1, 0.15) is 5.69 Å². The molecule has 3 heteroatoms. The quantitative estimate of drug-likeness (QED) is 0.763. The Morgan fingerprint density at radius 2 is 2.00 bits per heavy atom. The van der Waals surface area contributed by atoms with E-state index in [-0.39, 0.29) is 5.92 Å². The van der Waals surface area contributed by atoms with Crippen LogP contribution in [0.25, 0.3) is 0 Å². The van der Waals surface area contributed by atoms with Crippen molar-refractivity contribution in [1.29, 1.82) is 0 Å². The summed E-state index contributed by atoms with van der Waals surface area (Å²) in [5, 5.41) is 4.37. The van der Waals surface area contributed by atoms with Crippen molar-refractivity contribution in [2.24, 2.45) is 11.8 Å². The zero-order valence-corrected chi connectivity index (χ0v) is 11.8. The number of carbonyl (C=O) groups excluding carboxylic acids is 1. The van der Waals surface area contributed by atoms with E-state index in [1.807, 2.05) is 24.6 Å². The molecule has 1 saturated carbocycles. The second-order valence-corrected chi connectivity index (χ2v) is 5.48. The van der Waals surface area contributed by atoms with Gasteiger partial charge in [-0.2, -0.15) is 5.10 Å².